The van der Waals surface area contributed by atoms with Crippen molar-refractivity contribution >= 4 is 23.9 Å². The maximum Gasteiger partial charge on any atom is 0.323 e. The van der Waals surface area contributed by atoms with E-state index in [-0.39, 0.29) is 5.92 Å². The first-order chi connectivity index (χ1) is 9.18. The maximum absolute atomic E-state index is 12.2. The number of nitrogens with one attached hydrogen (secondary N) is 1. The zero-order chi connectivity index (χ0) is 15.9. The Balaban J connectivity index is 5.15. The molecule has 5 N–H and O–H groups in total. The van der Waals surface area contributed by atoms with Gasteiger partial charge in [0.2, 0.25) is 5.91 Å². The molecule has 20 heavy (non-hydrogen) atoms. The van der Waals surface area contributed by atoms with Gasteiger partial charge in [-0.05, 0) is 5.92 Å². The molecule has 0 aromatic heterocycles. The summed E-state index contributed by atoms with van der Waals surface area (Å²) in [7, 11) is 0. The highest BCUT2D eigenvalue weighted by atomic mass is 16.4. The van der Waals surface area contributed by atoms with Crippen LogP contribution >= 0.6 is 0 Å². The molecular weight excluding hydrogens is 270 g/mol. The number of nitrogens with zero attached hydrogens (tertiary/aromatic N) is 1. The highest BCUT2D eigenvalue weighted by Crippen LogP contribution is 2.11. The molecule has 2 atom stereocenters. The van der Waals surface area contributed by atoms with Crippen LogP contribution in [0.5, 0.6) is 0 Å². The first-order valence-corrected chi connectivity index (χ1v) is 5.97. The highest BCUT2D eigenvalue weighted by Gasteiger charge is 2.31. The average Bonchev–Trinajstić information content (AvgIpc) is 2.32. The van der Waals surface area contributed by atoms with E-state index in [0.29, 0.717) is 11.3 Å². The number of nitrogens with two attached hydrogens (primary N) is 1. The quantitative estimate of drug-likeness (QED) is 0.453. The Labute approximate surface area is 115 Å². The molecule has 0 fully saturated rings. The normalized spacial score (nSPS) is 13.1. The number of carboxylic acid groups (broad SMARTS) is 2. The van der Waals surface area contributed by atoms with Gasteiger partial charge >= 0.3 is 18.0 Å². The molecular formula is C11H19N3O6. The number of carboxylic acids is 2. The Morgan fingerprint density at radius 1 is 1.15 bits per heavy atom. The summed E-state index contributed by atoms with van der Waals surface area (Å²) in [4.78, 5) is 45.1. The minimum absolute atomic E-state index is 0.319. The van der Waals surface area contributed by atoms with Crippen LogP contribution in [0.2, 0.25) is 0 Å². The molecule has 0 aliphatic heterocycles. The minimum Gasteiger partial charge on any atom is -0.480 e. The van der Waals surface area contributed by atoms with E-state index < -0.39 is 43.0 Å². The van der Waals surface area contributed by atoms with Gasteiger partial charge in [0.15, 0.2) is 0 Å². The first-order valence-electron chi connectivity index (χ1n) is 5.97. The summed E-state index contributed by atoms with van der Waals surface area (Å²) in [6, 6.07) is -1.99. The Bertz CT molecular complexity index is 382. The summed E-state index contributed by atoms with van der Waals surface area (Å²) in [6.45, 7) is 1.90. The maximum atomic E-state index is 12.2. The standard InChI is InChI=1S/C11H19N3O6/c1-3-6(2)9(13-11(12)20)10(19)14(4-7(15)16)5-8(17)18/h6,9H,3-5H2,1-2H3,(H,15,16)(H,17,18)(H3,12,13,20). The largest absolute Gasteiger partial charge is 0.480 e. The summed E-state index contributed by atoms with van der Waals surface area (Å²) in [5.41, 5.74) is 4.97. The van der Waals surface area contributed by atoms with Crippen molar-refractivity contribution in [3.8, 4) is 0 Å². The van der Waals surface area contributed by atoms with Crippen LogP contribution in [0.4, 0.5) is 4.79 Å². The Morgan fingerprint density at radius 3 is 1.90 bits per heavy atom. The third-order valence-corrected chi connectivity index (χ3v) is 2.74. The van der Waals surface area contributed by atoms with Crippen LogP contribution in [0, 0.1) is 5.92 Å². The number of amides is 3. The van der Waals surface area contributed by atoms with Gasteiger partial charge in [0, 0.05) is 0 Å². The van der Waals surface area contributed by atoms with Gasteiger partial charge in [0.05, 0.1) is 0 Å². The summed E-state index contributed by atoms with van der Waals surface area (Å²) >= 11 is 0. The van der Waals surface area contributed by atoms with Gasteiger partial charge in [-0.15, -0.1) is 0 Å². The molecule has 0 radical (unpaired) electrons. The van der Waals surface area contributed by atoms with Gasteiger partial charge in [-0.3, -0.25) is 14.4 Å². The molecule has 0 aliphatic rings. The summed E-state index contributed by atoms with van der Waals surface area (Å²) in [5.74, 6) is -3.80. The van der Waals surface area contributed by atoms with Gasteiger partial charge in [-0.2, -0.15) is 0 Å². The van der Waals surface area contributed by atoms with E-state index in [1.807, 2.05) is 0 Å². The zero-order valence-corrected chi connectivity index (χ0v) is 11.3. The fourth-order valence-electron chi connectivity index (χ4n) is 1.57. The molecule has 0 heterocycles. The monoisotopic (exact) mass is 289 g/mol. The smallest absolute Gasteiger partial charge is 0.323 e. The number of urea groups is 1. The molecule has 9 nitrogen and oxygen atoms in total. The molecule has 114 valence electrons. The fourth-order valence-corrected chi connectivity index (χ4v) is 1.57. The van der Waals surface area contributed by atoms with Crippen molar-refractivity contribution in [2.24, 2.45) is 11.7 Å². The van der Waals surface area contributed by atoms with Crippen LogP contribution in [-0.2, 0) is 14.4 Å². The summed E-state index contributed by atoms with van der Waals surface area (Å²) in [5, 5.41) is 19.6. The molecule has 2 unspecified atom stereocenters. The molecule has 0 aromatic carbocycles. The summed E-state index contributed by atoms with van der Waals surface area (Å²) < 4.78 is 0. The summed E-state index contributed by atoms with van der Waals surface area (Å²) in [6.07, 6.45) is 0.519. The van der Waals surface area contributed by atoms with Crippen LogP contribution in [0.1, 0.15) is 20.3 Å². The van der Waals surface area contributed by atoms with Crippen molar-refractivity contribution in [1.29, 1.82) is 0 Å². The number of aliphatic carboxylic acids is 2. The molecule has 9 heteroatoms. The minimum atomic E-state index is -1.35. The predicted octanol–water partition coefficient (Wildman–Crippen LogP) is -0.933. The second-order valence-electron chi connectivity index (χ2n) is 4.35. The van der Waals surface area contributed by atoms with Gasteiger partial charge < -0.3 is 26.2 Å². The van der Waals surface area contributed by atoms with Crippen molar-refractivity contribution < 1.29 is 29.4 Å². The number of rotatable bonds is 8. The first kappa shape index (κ1) is 17.7. The van der Waals surface area contributed by atoms with E-state index in [9.17, 15) is 19.2 Å². The lowest BCUT2D eigenvalue weighted by atomic mass is 9.98. The van der Waals surface area contributed by atoms with E-state index >= 15 is 0 Å². The van der Waals surface area contributed by atoms with E-state index in [2.05, 4.69) is 5.32 Å². The van der Waals surface area contributed by atoms with E-state index in [1.54, 1.807) is 13.8 Å². The molecule has 0 aliphatic carbocycles. The molecule has 0 spiro atoms. The van der Waals surface area contributed by atoms with Crippen molar-refractivity contribution in [2.45, 2.75) is 26.3 Å². The van der Waals surface area contributed by atoms with Gasteiger partial charge in [-0.25, -0.2) is 4.79 Å². The van der Waals surface area contributed by atoms with Crippen LogP contribution in [0.25, 0.3) is 0 Å². The van der Waals surface area contributed by atoms with Crippen LogP contribution < -0.4 is 11.1 Å². The lowest BCUT2D eigenvalue weighted by Gasteiger charge is -2.28. The van der Waals surface area contributed by atoms with Crippen LogP contribution in [0.15, 0.2) is 0 Å². The molecule has 3 amide bonds. The van der Waals surface area contributed by atoms with Gasteiger partial charge in [0.25, 0.3) is 0 Å². The van der Waals surface area contributed by atoms with Crippen LogP contribution in [0.3, 0.4) is 0 Å². The van der Waals surface area contributed by atoms with Gasteiger partial charge in [0.1, 0.15) is 19.1 Å². The molecule has 0 saturated carbocycles. The topological polar surface area (TPSA) is 150 Å². The van der Waals surface area contributed by atoms with Crippen molar-refractivity contribution in [1.82, 2.24) is 10.2 Å². The number of carbonyl (C=O) groups is 4. The molecule has 0 saturated heterocycles. The third-order valence-electron chi connectivity index (χ3n) is 2.74. The van der Waals surface area contributed by atoms with E-state index in [0.717, 1.165) is 0 Å². The number of primary amides is 1. The second kappa shape index (κ2) is 7.97. The van der Waals surface area contributed by atoms with E-state index in [1.165, 1.54) is 0 Å². The van der Waals surface area contributed by atoms with Crippen molar-refractivity contribution in [3.63, 3.8) is 0 Å². The fraction of sp³-hybridized carbons (Fsp3) is 0.636. The third kappa shape index (κ3) is 6.03. The Hall–Kier alpha value is -2.32. The molecule has 0 bridgehead atoms. The zero-order valence-electron chi connectivity index (χ0n) is 11.3. The Kier molecular flexibility index (Phi) is 7.05. The van der Waals surface area contributed by atoms with Crippen molar-refractivity contribution in [3.05, 3.63) is 0 Å². The molecule has 0 aromatic rings. The lowest BCUT2D eigenvalue weighted by Crippen LogP contribution is -2.54. The number of hydrogen-bond donors (Lipinski definition) is 4. The Morgan fingerprint density at radius 2 is 1.60 bits per heavy atom. The highest BCUT2D eigenvalue weighted by molar-refractivity contribution is 5.91. The second-order valence-corrected chi connectivity index (χ2v) is 4.35. The van der Waals surface area contributed by atoms with Crippen molar-refractivity contribution in [2.75, 3.05) is 13.1 Å². The van der Waals surface area contributed by atoms with Gasteiger partial charge in [-0.1, -0.05) is 20.3 Å². The van der Waals surface area contributed by atoms with E-state index in [4.69, 9.17) is 15.9 Å². The average molecular weight is 289 g/mol. The SMILES string of the molecule is CCC(C)C(NC(N)=O)C(=O)N(CC(=O)O)CC(=O)O. The predicted molar refractivity (Wildman–Crippen MR) is 67.8 cm³/mol. The number of carbonyl (C=O) groups excluding carboxylic acids is 2. The number of hydrogen-bond acceptors (Lipinski definition) is 4. The van der Waals surface area contributed by atoms with Crippen LogP contribution in [-0.4, -0.2) is 58.1 Å². The lowest BCUT2D eigenvalue weighted by molar-refractivity contribution is -0.150. The molecule has 0 rings (SSSR count).